The lowest BCUT2D eigenvalue weighted by molar-refractivity contribution is 0.266. The number of rotatable bonds is 11. The van der Waals surface area contributed by atoms with Crippen LogP contribution >= 0.6 is 12.4 Å². The molecule has 0 radical (unpaired) electrons. The van der Waals surface area contributed by atoms with Crippen molar-refractivity contribution in [3.05, 3.63) is 12.2 Å². The molecule has 0 aromatic heterocycles. The summed E-state index contributed by atoms with van der Waals surface area (Å²) in [5.41, 5.74) is 5.58. The number of allylic oxidation sites excluding steroid dienone is 1. The lowest BCUT2D eigenvalue weighted by Gasteiger charge is -2.02. The third-order valence-corrected chi connectivity index (χ3v) is 2.81. The van der Waals surface area contributed by atoms with Crippen LogP contribution in [0.3, 0.4) is 0 Å². The first-order valence-electron chi connectivity index (χ1n) is 6.82. The van der Waals surface area contributed by atoms with Crippen molar-refractivity contribution in [1.29, 1.82) is 0 Å². The van der Waals surface area contributed by atoms with Crippen LogP contribution in [0, 0.1) is 0 Å². The summed E-state index contributed by atoms with van der Waals surface area (Å²) < 4.78 is 0. The minimum absolute atomic E-state index is 0. The maximum atomic E-state index is 8.72. The fraction of sp³-hybridized carbons (Fsp3) is 0.857. The Morgan fingerprint density at radius 2 is 1.59 bits per heavy atom. The van der Waals surface area contributed by atoms with Crippen LogP contribution in [0.25, 0.3) is 0 Å². The average molecular weight is 264 g/mol. The van der Waals surface area contributed by atoms with Gasteiger partial charge in [0.1, 0.15) is 0 Å². The van der Waals surface area contributed by atoms with Gasteiger partial charge in [0.25, 0.3) is 0 Å². The Balaban J connectivity index is 0. The van der Waals surface area contributed by atoms with Crippen molar-refractivity contribution in [1.82, 2.24) is 0 Å². The van der Waals surface area contributed by atoms with Gasteiger partial charge in [0.05, 0.1) is 6.61 Å². The van der Waals surface area contributed by atoms with E-state index in [0.717, 1.165) is 12.8 Å². The summed E-state index contributed by atoms with van der Waals surface area (Å²) in [6.45, 7) is 2.34. The highest BCUT2D eigenvalue weighted by Gasteiger charge is 1.94. The van der Waals surface area contributed by atoms with Crippen LogP contribution in [0.2, 0.25) is 0 Å². The summed E-state index contributed by atoms with van der Waals surface area (Å²) in [5.74, 6) is 0. The van der Waals surface area contributed by atoms with Gasteiger partial charge in [0.15, 0.2) is 0 Å². The van der Waals surface area contributed by atoms with Crippen molar-refractivity contribution >= 4 is 12.4 Å². The molecule has 0 aliphatic rings. The van der Waals surface area contributed by atoms with E-state index in [-0.39, 0.29) is 25.1 Å². The lowest BCUT2D eigenvalue weighted by Crippen LogP contribution is -2.22. The molecular weight excluding hydrogens is 234 g/mol. The molecule has 3 N–H and O–H groups in total. The topological polar surface area (TPSA) is 46.2 Å². The van der Waals surface area contributed by atoms with Gasteiger partial charge in [-0.15, -0.1) is 12.4 Å². The van der Waals surface area contributed by atoms with Crippen molar-refractivity contribution in [2.24, 2.45) is 5.73 Å². The maximum Gasteiger partial charge on any atom is 0.0585 e. The Hall–Kier alpha value is -0.0500. The minimum atomic E-state index is -0.0784. The van der Waals surface area contributed by atoms with E-state index in [0.29, 0.717) is 0 Å². The van der Waals surface area contributed by atoms with Gasteiger partial charge < -0.3 is 10.8 Å². The number of halogens is 1. The number of aliphatic hydroxyl groups excluding tert-OH is 1. The highest BCUT2D eigenvalue weighted by atomic mass is 35.5. The lowest BCUT2D eigenvalue weighted by atomic mass is 10.1. The normalized spacial score (nSPS) is 12.6. The quantitative estimate of drug-likeness (QED) is 0.440. The number of aliphatic hydroxyl groups is 1. The second-order valence-corrected chi connectivity index (χ2v) is 4.56. The van der Waals surface area contributed by atoms with E-state index in [1.807, 2.05) is 0 Å². The van der Waals surface area contributed by atoms with E-state index < -0.39 is 0 Å². The summed E-state index contributed by atoms with van der Waals surface area (Å²) >= 11 is 0. The summed E-state index contributed by atoms with van der Waals surface area (Å²) in [6, 6.07) is -0.0784. The van der Waals surface area contributed by atoms with Gasteiger partial charge in [-0.3, -0.25) is 0 Å². The maximum absolute atomic E-state index is 8.72. The zero-order chi connectivity index (χ0) is 12.1. The summed E-state index contributed by atoms with van der Waals surface area (Å²) in [7, 11) is 0. The van der Waals surface area contributed by atoms with Crippen LogP contribution in [-0.4, -0.2) is 17.8 Å². The zero-order valence-electron chi connectivity index (χ0n) is 11.2. The van der Waals surface area contributed by atoms with Gasteiger partial charge >= 0.3 is 0 Å². The average Bonchev–Trinajstić information content (AvgIpc) is 2.31. The fourth-order valence-corrected chi connectivity index (χ4v) is 1.68. The van der Waals surface area contributed by atoms with E-state index in [4.69, 9.17) is 10.8 Å². The van der Waals surface area contributed by atoms with E-state index in [9.17, 15) is 0 Å². The van der Waals surface area contributed by atoms with Gasteiger partial charge in [0.2, 0.25) is 0 Å². The molecule has 0 aromatic carbocycles. The van der Waals surface area contributed by atoms with Gasteiger partial charge in [-0.05, 0) is 19.3 Å². The monoisotopic (exact) mass is 263 g/mol. The Morgan fingerprint density at radius 1 is 1.00 bits per heavy atom. The molecule has 0 aliphatic carbocycles. The number of hydrogen-bond acceptors (Lipinski definition) is 2. The predicted octanol–water partition coefficient (Wildman–Crippen LogP) is 3.81. The standard InChI is InChI=1S/C14H29NO.ClH/c1-2-3-4-5-6-7-8-9-10-11-12-14(15)13-16;/h10-11,14,16H,2-9,12-13,15H2,1H3;1H/b11-10+;. The number of nitrogens with two attached hydrogens (primary N) is 1. The van der Waals surface area contributed by atoms with Crippen LogP contribution in [0.15, 0.2) is 12.2 Å². The SMILES string of the molecule is CCCCCCCCC/C=C/CC(N)CO.Cl. The molecule has 0 fully saturated rings. The van der Waals surface area contributed by atoms with E-state index >= 15 is 0 Å². The molecule has 2 nitrogen and oxygen atoms in total. The molecule has 3 heteroatoms. The minimum Gasteiger partial charge on any atom is -0.395 e. The molecule has 0 saturated carbocycles. The molecule has 1 atom stereocenters. The Kier molecular flexibility index (Phi) is 18.1. The molecule has 1 unspecified atom stereocenters. The molecule has 0 aliphatic heterocycles. The third kappa shape index (κ3) is 15.9. The molecule has 0 bridgehead atoms. The highest BCUT2D eigenvalue weighted by Crippen LogP contribution is 2.08. The van der Waals surface area contributed by atoms with Crippen molar-refractivity contribution < 1.29 is 5.11 Å². The van der Waals surface area contributed by atoms with Crippen LogP contribution < -0.4 is 5.73 Å². The summed E-state index contributed by atoms with van der Waals surface area (Å²) in [5, 5.41) is 8.72. The van der Waals surface area contributed by atoms with Crippen molar-refractivity contribution in [2.45, 2.75) is 70.8 Å². The van der Waals surface area contributed by atoms with E-state index in [1.165, 1.54) is 44.9 Å². The number of unbranched alkanes of at least 4 members (excludes halogenated alkanes) is 7. The fourth-order valence-electron chi connectivity index (χ4n) is 1.68. The third-order valence-electron chi connectivity index (χ3n) is 2.81. The van der Waals surface area contributed by atoms with Crippen LogP contribution in [-0.2, 0) is 0 Å². The second-order valence-electron chi connectivity index (χ2n) is 4.56. The molecule has 0 rings (SSSR count). The largest absolute Gasteiger partial charge is 0.395 e. The molecule has 17 heavy (non-hydrogen) atoms. The predicted molar refractivity (Wildman–Crippen MR) is 78.7 cm³/mol. The molecule has 0 saturated heterocycles. The van der Waals surface area contributed by atoms with Crippen molar-refractivity contribution in [2.75, 3.05) is 6.61 Å². The van der Waals surface area contributed by atoms with Gasteiger partial charge in [-0.2, -0.15) is 0 Å². The molecular formula is C14H30ClNO. The Morgan fingerprint density at radius 3 is 2.18 bits per heavy atom. The Labute approximate surface area is 113 Å². The molecule has 104 valence electrons. The first kappa shape index (κ1) is 19.3. The molecule has 0 amide bonds. The van der Waals surface area contributed by atoms with E-state index in [1.54, 1.807) is 0 Å². The summed E-state index contributed by atoms with van der Waals surface area (Å²) in [4.78, 5) is 0. The Bertz CT molecular complexity index is 162. The van der Waals surface area contributed by atoms with Gasteiger partial charge in [-0.25, -0.2) is 0 Å². The molecule has 0 spiro atoms. The van der Waals surface area contributed by atoms with Crippen LogP contribution in [0.5, 0.6) is 0 Å². The van der Waals surface area contributed by atoms with Crippen molar-refractivity contribution in [3.8, 4) is 0 Å². The van der Waals surface area contributed by atoms with Crippen LogP contribution in [0.1, 0.15) is 64.7 Å². The number of hydrogen-bond donors (Lipinski definition) is 2. The second kappa shape index (κ2) is 16.0. The first-order valence-corrected chi connectivity index (χ1v) is 6.82. The molecule has 0 aromatic rings. The van der Waals surface area contributed by atoms with E-state index in [2.05, 4.69) is 19.1 Å². The van der Waals surface area contributed by atoms with Crippen molar-refractivity contribution in [3.63, 3.8) is 0 Å². The first-order chi connectivity index (χ1) is 7.81. The highest BCUT2D eigenvalue weighted by molar-refractivity contribution is 5.85. The van der Waals surface area contributed by atoms with Crippen LogP contribution in [0.4, 0.5) is 0 Å². The molecule has 0 heterocycles. The smallest absolute Gasteiger partial charge is 0.0585 e. The zero-order valence-corrected chi connectivity index (χ0v) is 12.1. The van der Waals surface area contributed by atoms with Gasteiger partial charge in [0, 0.05) is 6.04 Å². The summed E-state index contributed by atoms with van der Waals surface area (Å²) in [6.07, 6.45) is 15.8. The van der Waals surface area contributed by atoms with Gasteiger partial charge in [-0.1, -0.05) is 57.6 Å².